The smallest absolute Gasteiger partial charge is 0.325 e. The average Bonchev–Trinajstić information content (AvgIpc) is 2.48. The van der Waals surface area contributed by atoms with Gasteiger partial charge in [-0.2, -0.15) is 0 Å². The molecule has 2 aromatic carbocycles. The fourth-order valence-electron chi connectivity index (χ4n) is 3.32. The zero-order chi connectivity index (χ0) is 15.3. The van der Waals surface area contributed by atoms with Crippen molar-refractivity contribution in [2.45, 2.75) is 25.1 Å². The molecule has 5 heteroatoms. The fourth-order valence-corrected chi connectivity index (χ4v) is 3.32. The lowest BCUT2D eigenvalue weighted by Gasteiger charge is -2.50. The number of halogens is 1. The Labute approximate surface area is 127 Å². The van der Waals surface area contributed by atoms with Crippen LogP contribution < -0.4 is 15.0 Å². The summed E-state index contributed by atoms with van der Waals surface area (Å²) in [6, 6.07) is 13.4. The summed E-state index contributed by atoms with van der Waals surface area (Å²) in [4.78, 5) is 13.9. The minimum atomic E-state index is -0.913. The number of hydrogen-bond donors (Lipinski definition) is 1. The van der Waals surface area contributed by atoms with E-state index in [9.17, 15) is 9.18 Å². The topological polar surface area (TPSA) is 41.6 Å². The summed E-state index contributed by atoms with van der Waals surface area (Å²) < 4.78 is 20.2. The van der Waals surface area contributed by atoms with E-state index in [1.54, 1.807) is 18.2 Å². The van der Waals surface area contributed by atoms with Crippen molar-refractivity contribution in [3.63, 3.8) is 0 Å². The molecule has 0 radical (unpaired) electrons. The third kappa shape index (κ3) is 1.78. The Kier molecular flexibility index (Phi) is 2.66. The Morgan fingerprint density at radius 2 is 1.95 bits per heavy atom. The van der Waals surface area contributed by atoms with Crippen molar-refractivity contribution in [3.05, 3.63) is 59.9 Å². The molecule has 112 valence electrons. The molecule has 2 aromatic rings. The Bertz CT molecular complexity index is 764. The van der Waals surface area contributed by atoms with Gasteiger partial charge in [-0.15, -0.1) is 0 Å². The van der Waals surface area contributed by atoms with Crippen LogP contribution in [0.1, 0.15) is 24.9 Å². The second-order valence-electron chi connectivity index (χ2n) is 5.81. The first-order chi connectivity index (χ1) is 10.6. The molecule has 2 aliphatic rings. The van der Waals surface area contributed by atoms with Crippen molar-refractivity contribution in [2.75, 3.05) is 4.90 Å². The highest BCUT2D eigenvalue weighted by molar-refractivity contribution is 5.95. The van der Waals surface area contributed by atoms with Gasteiger partial charge in [0.1, 0.15) is 11.6 Å². The van der Waals surface area contributed by atoms with Gasteiger partial charge < -0.3 is 10.1 Å². The molecule has 0 spiro atoms. The predicted molar refractivity (Wildman–Crippen MR) is 80.2 cm³/mol. The van der Waals surface area contributed by atoms with Crippen molar-refractivity contribution >= 4 is 11.7 Å². The van der Waals surface area contributed by atoms with E-state index in [4.69, 9.17) is 4.74 Å². The number of carbonyl (C=O) groups is 1. The van der Waals surface area contributed by atoms with Crippen LogP contribution in [0.4, 0.5) is 14.9 Å². The van der Waals surface area contributed by atoms with Gasteiger partial charge >= 0.3 is 6.03 Å². The van der Waals surface area contributed by atoms with Crippen LogP contribution in [0.5, 0.6) is 5.75 Å². The maximum Gasteiger partial charge on any atom is 0.325 e. The quantitative estimate of drug-likeness (QED) is 0.874. The summed E-state index contributed by atoms with van der Waals surface area (Å²) in [7, 11) is 0. The van der Waals surface area contributed by atoms with Crippen LogP contribution in [0.15, 0.2) is 48.5 Å². The molecule has 0 aromatic heterocycles. The van der Waals surface area contributed by atoms with Crippen LogP contribution >= 0.6 is 0 Å². The third-order valence-corrected chi connectivity index (χ3v) is 4.27. The van der Waals surface area contributed by atoms with Gasteiger partial charge in [0.05, 0.1) is 11.7 Å². The fraction of sp³-hybridized carbons (Fsp3) is 0.235. The number of hydrogen-bond acceptors (Lipinski definition) is 2. The van der Waals surface area contributed by atoms with Gasteiger partial charge in [-0.1, -0.05) is 30.3 Å². The largest absolute Gasteiger partial charge is 0.467 e. The highest BCUT2D eigenvalue weighted by Crippen LogP contribution is 2.45. The third-order valence-electron chi connectivity index (χ3n) is 4.27. The van der Waals surface area contributed by atoms with E-state index in [0.717, 1.165) is 11.3 Å². The van der Waals surface area contributed by atoms with E-state index in [0.29, 0.717) is 6.42 Å². The summed E-state index contributed by atoms with van der Waals surface area (Å²) in [5, 5.41) is 2.95. The molecule has 0 saturated carbocycles. The lowest BCUT2D eigenvalue weighted by atomic mass is 9.90. The van der Waals surface area contributed by atoms with Crippen LogP contribution in [0, 0.1) is 5.82 Å². The molecule has 0 aliphatic carbocycles. The number of urea groups is 1. The van der Waals surface area contributed by atoms with Gasteiger partial charge in [-0.25, -0.2) is 9.18 Å². The molecule has 2 atom stereocenters. The van der Waals surface area contributed by atoms with Crippen LogP contribution in [-0.2, 0) is 0 Å². The SMILES string of the molecule is C[C@@]12C[C@@H](NC(=O)N1c1ccccc1F)c1ccccc1O2. The molecular formula is C17H15FN2O2. The molecule has 0 unspecified atom stereocenters. The van der Waals surface area contributed by atoms with E-state index in [1.807, 2.05) is 31.2 Å². The second kappa shape index (κ2) is 4.47. The molecule has 1 saturated heterocycles. The summed E-state index contributed by atoms with van der Waals surface area (Å²) in [5.41, 5.74) is 0.269. The summed E-state index contributed by atoms with van der Waals surface area (Å²) in [5.74, 6) is 0.280. The van der Waals surface area contributed by atoms with Crippen molar-refractivity contribution < 1.29 is 13.9 Å². The number of nitrogens with zero attached hydrogens (tertiary/aromatic N) is 1. The summed E-state index contributed by atoms with van der Waals surface area (Å²) in [6.45, 7) is 1.82. The van der Waals surface area contributed by atoms with E-state index in [-0.39, 0.29) is 17.8 Å². The maximum absolute atomic E-state index is 14.2. The molecule has 1 fully saturated rings. The molecule has 2 heterocycles. The van der Waals surface area contributed by atoms with Crippen LogP contribution in [0.2, 0.25) is 0 Å². The minimum absolute atomic E-state index is 0.120. The first-order valence-corrected chi connectivity index (χ1v) is 7.22. The lowest BCUT2D eigenvalue weighted by Crippen LogP contribution is -2.65. The van der Waals surface area contributed by atoms with E-state index >= 15 is 0 Å². The average molecular weight is 298 g/mol. The molecule has 1 N–H and O–H groups in total. The van der Waals surface area contributed by atoms with Gasteiger partial charge in [0.25, 0.3) is 0 Å². The highest BCUT2D eigenvalue weighted by atomic mass is 19.1. The van der Waals surface area contributed by atoms with Crippen LogP contribution in [0.3, 0.4) is 0 Å². The zero-order valence-corrected chi connectivity index (χ0v) is 12.0. The van der Waals surface area contributed by atoms with Crippen molar-refractivity contribution in [2.24, 2.45) is 0 Å². The van der Waals surface area contributed by atoms with E-state index in [2.05, 4.69) is 5.32 Å². The number of fused-ring (bicyclic) bond motifs is 4. The van der Waals surface area contributed by atoms with Crippen molar-refractivity contribution in [1.82, 2.24) is 5.32 Å². The molecule has 2 amide bonds. The monoisotopic (exact) mass is 298 g/mol. The zero-order valence-electron chi connectivity index (χ0n) is 12.0. The summed E-state index contributed by atoms with van der Waals surface area (Å²) in [6.07, 6.45) is 0.560. The minimum Gasteiger partial charge on any atom is -0.467 e. The second-order valence-corrected chi connectivity index (χ2v) is 5.81. The molecule has 4 nitrogen and oxygen atoms in total. The molecule has 2 bridgehead atoms. The Morgan fingerprint density at radius 3 is 2.77 bits per heavy atom. The van der Waals surface area contributed by atoms with Gasteiger partial charge in [0, 0.05) is 12.0 Å². The van der Waals surface area contributed by atoms with E-state index in [1.165, 1.54) is 11.0 Å². The summed E-state index contributed by atoms with van der Waals surface area (Å²) >= 11 is 0. The predicted octanol–water partition coefficient (Wildman–Crippen LogP) is 3.60. The molecular weight excluding hydrogens is 283 g/mol. The van der Waals surface area contributed by atoms with Gasteiger partial charge in [-0.3, -0.25) is 4.90 Å². The number of anilines is 1. The van der Waals surface area contributed by atoms with Crippen molar-refractivity contribution in [1.29, 1.82) is 0 Å². The first kappa shape index (κ1) is 13.1. The Morgan fingerprint density at radius 1 is 1.23 bits per heavy atom. The molecule has 22 heavy (non-hydrogen) atoms. The van der Waals surface area contributed by atoms with Crippen molar-refractivity contribution in [3.8, 4) is 5.75 Å². The number of para-hydroxylation sites is 2. The lowest BCUT2D eigenvalue weighted by molar-refractivity contribution is 0.0373. The molecule has 4 rings (SSSR count). The van der Waals surface area contributed by atoms with Crippen LogP contribution in [-0.4, -0.2) is 11.8 Å². The van der Waals surface area contributed by atoms with Gasteiger partial charge in [0.2, 0.25) is 0 Å². The Balaban J connectivity index is 1.84. The highest BCUT2D eigenvalue weighted by Gasteiger charge is 2.50. The number of rotatable bonds is 1. The number of carbonyl (C=O) groups excluding carboxylic acids is 1. The molecule has 2 aliphatic heterocycles. The first-order valence-electron chi connectivity index (χ1n) is 7.22. The standard InChI is InChI=1S/C17H15FN2O2/c1-17-10-13(11-6-2-5-9-15(11)22-17)19-16(21)20(17)14-8-4-3-7-12(14)18/h2-9,13H,10H2,1H3,(H,19,21)/t13-,17-/m1/s1. The van der Waals surface area contributed by atoms with Gasteiger partial charge in [-0.05, 0) is 25.1 Å². The number of benzene rings is 2. The number of amides is 2. The normalized spacial score (nSPS) is 26.0. The number of ether oxygens (including phenoxy) is 1. The number of nitrogens with one attached hydrogen (secondary N) is 1. The maximum atomic E-state index is 14.2. The van der Waals surface area contributed by atoms with Gasteiger partial charge in [0.15, 0.2) is 5.72 Å². The van der Waals surface area contributed by atoms with Crippen LogP contribution in [0.25, 0.3) is 0 Å². The van der Waals surface area contributed by atoms with E-state index < -0.39 is 11.5 Å². The Hall–Kier alpha value is -2.56.